The van der Waals surface area contributed by atoms with Crippen LogP contribution in [0.25, 0.3) is 0 Å². The van der Waals surface area contributed by atoms with Crippen LogP contribution < -0.4 is 4.74 Å². The largest absolute Gasteiger partial charge is 0.473 e. The lowest BCUT2D eigenvalue weighted by atomic mass is 10.1. The number of aromatic nitrogens is 1. The van der Waals surface area contributed by atoms with E-state index in [2.05, 4.69) is 20.9 Å². The van der Waals surface area contributed by atoms with Gasteiger partial charge in [0, 0.05) is 16.7 Å². The molecule has 0 aliphatic rings. The summed E-state index contributed by atoms with van der Waals surface area (Å²) < 4.78 is 44.5. The molecule has 0 N–H and O–H groups in total. The van der Waals surface area contributed by atoms with E-state index in [9.17, 15) is 13.2 Å². The second-order valence-corrected chi connectivity index (χ2v) is 5.14. The van der Waals surface area contributed by atoms with Gasteiger partial charge < -0.3 is 4.74 Å². The van der Waals surface area contributed by atoms with E-state index in [1.807, 2.05) is 0 Å². The number of ether oxygens (including phenoxy) is 1. The number of pyridine rings is 1. The molecular weight excluding hydrogens is 358 g/mol. The van der Waals surface area contributed by atoms with Crippen molar-refractivity contribution in [1.29, 1.82) is 0 Å². The summed E-state index contributed by atoms with van der Waals surface area (Å²) in [5.74, 6) is 0.238. The molecular formula is C13H8BrClF3NO. The number of benzene rings is 1. The first-order valence-electron chi connectivity index (χ1n) is 5.47. The van der Waals surface area contributed by atoms with Gasteiger partial charge in [-0.3, -0.25) is 0 Å². The predicted molar refractivity (Wildman–Crippen MR) is 72.7 cm³/mol. The SMILES string of the molecule is FC(F)(F)c1cc(Cl)ccc1COc1cccc(Br)n1. The lowest BCUT2D eigenvalue weighted by Crippen LogP contribution is -2.11. The highest BCUT2D eigenvalue weighted by Crippen LogP contribution is 2.34. The van der Waals surface area contributed by atoms with Gasteiger partial charge in [0.05, 0.1) is 5.56 Å². The van der Waals surface area contributed by atoms with Crippen molar-refractivity contribution in [2.24, 2.45) is 0 Å². The molecule has 0 fully saturated rings. The van der Waals surface area contributed by atoms with Crippen molar-refractivity contribution in [1.82, 2.24) is 4.98 Å². The van der Waals surface area contributed by atoms with Gasteiger partial charge in [0.15, 0.2) is 0 Å². The minimum absolute atomic E-state index is 0.00340. The fourth-order valence-corrected chi connectivity index (χ4v) is 2.06. The second kappa shape index (κ2) is 6.01. The molecule has 0 saturated carbocycles. The maximum atomic E-state index is 12.9. The zero-order valence-corrected chi connectivity index (χ0v) is 12.3. The van der Waals surface area contributed by atoms with Crippen molar-refractivity contribution in [3.63, 3.8) is 0 Å². The third kappa shape index (κ3) is 3.86. The van der Waals surface area contributed by atoms with E-state index in [0.29, 0.717) is 4.60 Å². The Balaban J connectivity index is 2.21. The molecule has 0 aliphatic carbocycles. The van der Waals surface area contributed by atoms with Gasteiger partial charge in [-0.25, -0.2) is 4.98 Å². The molecule has 2 aromatic rings. The van der Waals surface area contributed by atoms with Gasteiger partial charge in [0.1, 0.15) is 11.2 Å². The van der Waals surface area contributed by atoms with Crippen LogP contribution in [0.5, 0.6) is 5.88 Å². The van der Waals surface area contributed by atoms with Gasteiger partial charge in [-0.05, 0) is 34.1 Å². The first-order chi connectivity index (χ1) is 9.36. The molecule has 2 rings (SSSR count). The first kappa shape index (κ1) is 15.1. The quantitative estimate of drug-likeness (QED) is 0.706. The summed E-state index contributed by atoms with van der Waals surface area (Å²) in [6.07, 6.45) is -4.48. The van der Waals surface area contributed by atoms with Crippen LogP contribution in [0.1, 0.15) is 11.1 Å². The summed E-state index contributed by atoms with van der Waals surface area (Å²) in [5.41, 5.74) is -0.802. The molecule has 1 aromatic carbocycles. The molecule has 0 atom stereocenters. The Labute approximate surface area is 126 Å². The lowest BCUT2D eigenvalue weighted by Gasteiger charge is -2.13. The maximum absolute atomic E-state index is 12.9. The average Bonchev–Trinajstić information content (AvgIpc) is 2.36. The Bertz CT molecular complexity index is 619. The minimum atomic E-state index is -4.48. The highest BCUT2D eigenvalue weighted by Gasteiger charge is 2.33. The average molecular weight is 367 g/mol. The number of hydrogen-bond acceptors (Lipinski definition) is 2. The van der Waals surface area contributed by atoms with Gasteiger partial charge in [-0.15, -0.1) is 0 Å². The van der Waals surface area contributed by atoms with Crippen LogP contribution in [0.4, 0.5) is 13.2 Å². The topological polar surface area (TPSA) is 22.1 Å². The third-order valence-corrected chi connectivity index (χ3v) is 3.12. The summed E-state index contributed by atoms with van der Waals surface area (Å²) in [4.78, 5) is 3.98. The van der Waals surface area contributed by atoms with Gasteiger partial charge >= 0.3 is 6.18 Å². The number of halogens is 5. The molecule has 106 valence electrons. The number of rotatable bonds is 3. The Kier molecular flexibility index (Phi) is 4.55. The van der Waals surface area contributed by atoms with Gasteiger partial charge in [0.2, 0.25) is 5.88 Å². The minimum Gasteiger partial charge on any atom is -0.473 e. The fraction of sp³-hybridized carbons (Fsp3) is 0.154. The van der Waals surface area contributed by atoms with Crippen LogP contribution in [-0.2, 0) is 12.8 Å². The number of alkyl halides is 3. The monoisotopic (exact) mass is 365 g/mol. The van der Waals surface area contributed by atoms with Crippen molar-refractivity contribution >= 4 is 27.5 Å². The zero-order chi connectivity index (χ0) is 14.8. The van der Waals surface area contributed by atoms with E-state index >= 15 is 0 Å². The molecule has 0 radical (unpaired) electrons. The molecule has 20 heavy (non-hydrogen) atoms. The molecule has 0 spiro atoms. The van der Waals surface area contributed by atoms with Crippen molar-refractivity contribution in [2.75, 3.05) is 0 Å². The van der Waals surface area contributed by atoms with E-state index in [0.717, 1.165) is 6.07 Å². The smallest absolute Gasteiger partial charge is 0.416 e. The molecule has 7 heteroatoms. The van der Waals surface area contributed by atoms with Crippen molar-refractivity contribution in [3.05, 3.63) is 57.2 Å². The van der Waals surface area contributed by atoms with E-state index in [-0.39, 0.29) is 23.1 Å². The standard InChI is InChI=1S/C13H8BrClF3NO/c14-11-2-1-3-12(19-11)20-7-8-4-5-9(15)6-10(8)13(16,17)18/h1-6H,7H2. The van der Waals surface area contributed by atoms with E-state index in [4.69, 9.17) is 16.3 Å². The summed E-state index contributed by atoms with van der Waals surface area (Å²) in [7, 11) is 0. The highest BCUT2D eigenvalue weighted by atomic mass is 79.9. The molecule has 0 unspecified atom stereocenters. The first-order valence-corrected chi connectivity index (χ1v) is 6.64. The van der Waals surface area contributed by atoms with Gasteiger partial charge in [-0.1, -0.05) is 23.7 Å². The van der Waals surface area contributed by atoms with Crippen LogP contribution in [-0.4, -0.2) is 4.98 Å². The summed E-state index contributed by atoms with van der Waals surface area (Å²) in [5, 5.41) is 0.0293. The summed E-state index contributed by atoms with van der Waals surface area (Å²) in [6, 6.07) is 8.50. The van der Waals surface area contributed by atoms with E-state index < -0.39 is 11.7 Å². The Morgan fingerprint density at radius 1 is 1.20 bits per heavy atom. The molecule has 2 nitrogen and oxygen atoms in total. The van der Waals surface area contributed by atoms with Crippen LogP contribution in [0.2, 0.25) is 5.02 Å². The fourth-order valence-electron chi connectivity index (χ4n) is 1.56. The molecule has 0 amide bonds. The molecule has 0 bridgehead atoms. The van der Waals surface area contributed by atoms with Crippen LogP contribution >= 0.6 is 27.5 Å². The lowest BCUT2D eigenvalue weighted by molar-refractivity contribution is -0.138. The van der Waals surface area contributed by atoms with E-state index in [1.165, 1.54) is 12.1 Å². The Morgan fingerprint density at radius 2 is 1.95 bits per heavy atom. The van der Waals surface area contributed by atoms with Crippen molar-refractivity contribution in [3.8, 4) is 5.88 Å². The van der Waals surface area contributed by atoms with Gasteiger partial charge in [-0.2, -0.15) is 13.2 Å². The zero-order valence-electron chi connectivity index (χ0n) is 9.92. The van der Waals surface area contributed by atoms with Crippen LogP contribution in [0, 0.1) is 0 Å². The Hall–Kier alpha value is -1.27. The second-order valence-electron chi connectivity index (χ2n) is 3.89. The van der Waals surface area contributed by atoms with Crippen molar-refractivity contribution < 1.29 is 17.9 Å². The molecule has 0 saturated heterocycles. The van der Waals surface area contributed by atoms with E-state index in [1.54, 1.807) is 18.2 Å². The maximum Gasteiger partial charge on any atom is 0.416 e. The third-order valence-electron chi connectivity index (χ3n) is 2.44. The molecule has 0 aliphatic heterocycles. The summed E-state index contributed by atoms with van der Waals surface area (Å²) >= 11 is 8.76. The normalized spacial score (nSPS) is 11.4. The number of hydrogen-bond donors (Lipinski definition) is 0. The van der Waals surface area contributed by atoms with Crippen molar-refractivity contribution in [2.45, 2.75) is 12.8 Å². The molecule has 1 heterocycles. The molecule has 1 aromatic heterocycles. The highest BCUT2D eigenvalue weighted by molar-refractivity contribution is 9.10. The van der Waals surface area contributed by atoms with Crippen LogP contribution in [0.15, 0.2) is 41.0 Å². The summed E-state index contributed by atoms with van der Waals surface area (Å²) in [6.45, 7) is -0.241. The Morgan fingerprint density at radius 3 is 2.60 bits per heavy atom. The predicted octanol–water partition coefficient (Wildman–Crippen LogP) is 5.10. The van der Waals surface area contributed by atoms with Crippen LogP contribution in [0.3, 0.4) is 0 Å². The van der Waals surface area contributed by atoms with Gasteiger partial charge in [0.25, 0.3) is 0 Å². The number of nitrogens with zero attached hydrogens (tertiary/aromatic N) is 1.